The van der Waals surface area contributed by atoms with E-state index in [9.17, 15) is 4.79 Å². The number of aryl methyl sites for hydroxylation is 1. The number of carbonyl (C=O) groups excluding carboxylic acids is 1. The number of thiazole rings is 1. The Morgan fingerprint density at radius 1 is 1.48 bits per heavy atom. The SMILES string of the molecule is Cc1nc(CN(C)[C@H]2CCCN(C(=O)c3cscn3)CC2)no1. The van der Waals surface area contributed by atoms with Crippen LogP contribution in [0.4, 0.5) is 0 Å². The van der Waals surface area contributed by atoms with E-state index < -0.39 is 0 Å². The molecule has 1 fully saturated rings. The summed E-state index contributed by atoms with van der Waals surface area (Å²) in [5.41, 5.74) is 2.26. The molecule has 0 N–H and O–H groups in total. The summed E-state index contributed by atoms with van der Waals surface area (Å²) in [5, 5.41) is 5.77. The van der Waals surface area contributed by atoms with E-state index in [1.807, 2.05) is 10.3 Å². The number of carbonyl (C=O) groups is 1. The van der Waals surface area contributed by atoms with Crippen LogP contribution in [0.3, 0.4) is 0 Å². The summed E-state index contributed by atoms with van der Waals surface area (Å²) < 4.78 is 5.02. The van der Waals surface area contributed by atoms with E-state index in [0.717, 1.165) is 32.4 Å². The molecule has 0 bridgehead atoms. The highest BCUT2D eigenvalue weighted by Crippen LogP contribution is 2.19. The Morgan fingerprint density at radius 3 is 3.04 bits per heavy atom. The van der Waals surface area contributed by atoms with Crippen LogP contribution in [0.25, 0.3) is 0 Å². The van der Waals surface area contributed by atoms with E-state index in [4.69, 9.17) is 4.52 Å². The first-order chi connectivity index (χ1) is 11.1. The molecular weight excluding hydrogens is 314 g/mol. The molecule has 0 saturated carbocycles. The maximum atomic E-state index is 12.4. The van der Waals surface area contributed by atoms with Gasteiger partial charge in [-0.3, -0.25) is 9.69 Å². The van der Waals surface area contributed by atoms with Gasteiger partial charge in [-0.2, -0.15) is 4.98 Å². The number of likely N-dealkylation sites (tertiary alicyclic amines) is 1. The molecule has 1 aliphatic rings. The van der Waals surface area contributed by atoms with Gasteiger partial charge < -0.3 is 9.42 Å². The third-order valence-corrected chi connectivity index (χ3v) is 4.81. The highest BCUT2D eigenvalue weighted by atomic mass is 32.1. The van der Waals surface area contributed by atoms with E-state index in [2.05, 4.69) is 27.1 Å². The minimum Gasteiger partial charge on any atom is -0.340 e. The third-order valence-electron chi connectivity index (χ3n) is 4.22. The summed E-state index contributed by atoms with van der Waals surface area (Å²) >= 11 is 1.46. The van der Waals surface area contributed by atoms with Crippen LogP contribution in [0.5, 0.6) is 0 Å². The maximum Gasteiger partial charge on any atom is 0.273 e. The Labute approximate surface area is 139 Å². The van der Waals surface area contributed by atoms with Crippen molar-refractivity contribution in [3.05, 3.63) is 28.3 Å². The molecule has 1 amide bonds. The van der Waals surface area contributed by atoms with Crippen molar-refractivity contribution in [1.82, 2.24) is 24.9 Å². The molecule has 1 aliphatic heterocycles. The molecule has 1 atom stereocenters. The minimum absolute atomic E-state index is 0.0448. The topological polar surface area (TPSA) is 75.4 Å². The number of amides is 1. The van der Waals surface area contributed by atoms with E-state index in [-0.39, 0.29) is 5.91 Å². The van der Waals surface area contributed by atoms with Gasteiger partial charge in [0.25, 0.3) is 5.91 Å². The van der Waals surface area contributed by atoms with Gasteiger partial charge in [0.1, 0.15) is 5.69 Å². The van der Waals surface area contributed by atoms with Gasteiger partial charge in [0, 0.05) is 31.4 Å². The molecule has 2 aromatic heterocycles. The first-order valence-corrected chi connectivity index (χ1v) is 8.74. The van der Waals surface area contributed by atoms with E-state index >= 15 is 0 Å². The van der Waals surface area contributed by atoms with Crippen LogP contribution in [0.2, 0.25) is 0 Å². The van der Waals surface area contributed by atoms with Gasteiger partial charge in [-0.25, -0.2) is 4.98 Å². The van der Waals surface area contributed by atoms with E-state index in [0.29, 0.717) is 30.0 Å². The van der Waals surface area contributed by atoms with Gasteiger partial charge in [0.2, 0.25) is 5.89 Å². The fourth-order valence-corrected chi connectivity index (χ4v) is 3.49. The van der Waals surface area contributed by atoms with Crippen molar-refractivity contribution < 1.29 is 9.32 Å². The summed E-state index contributed by atoms with van der Waals surface area (Å²) in [4.78, 5) is 25.0. The van der Waals surface area contributed by atoms with Gasteiger partial charge in [0.05, 0.1) is 12.1 Å². The third kappa shape index (κ3) is 3.94. The van der Waals surface area contributed by atoms with Crippen LogP contribution >= 0.6 is 11.3 Å². The zero-order valence-electron chi connectivity index (χ0n) is 13.4. The van der Waals surface area contributed by atoms with E-state index in [1.54, 1.807) is 12.4 Å². The number of hydrogen-bond donors (Lipinski definition) is 0. The highest BCUT2D eigenvalue weighted by molar-refractivity contribution is 7.07. The van der Waals surface area contributed by atoms with Crippen LogP contribution in [-0.4, -0.2) is 57.0 Å². The van der Waals surface area contributed by atoms with Crippen LogP contribution in [0.15, 0.2) is 15.4 Å². The highest BCUT2D eigenvalue weighted by Gasteiger charge is 2.25. The van der Waals surface area contributed by atoms with Crippen molar-refractivity contribution in [2.45, 2.75) is 38.8 Å². The molecule has 0 aromatic carbocycles. The van der Waals surface area contributed by atoms with Crippen LogP contribution in [0, 0.1) is 6.92 Å². The Kier molecular flexibility index (Phi) is 5.02. The van der Waals surface area contributed by atoms with Crippen molar-refractivity contribution in [2.24, 2.45) is 0 Å². The van der Waals surface area contributed by atoms with Crippen LogP contribution < -0.4 is 0 Å². The molecule has 124 valence electrons. The second-order valence-electron chi connectivity index (χ2n) is 5.90. The average molecular weight is 335 g/mol. The zero-order chi connectivity index (χ0) is 16.2. The van der Waals surface area contributed by atoms with Gasteiger partial charge in [0.15, 0.2) is 5.82 Å². The summed E-state index contributed by atoms with van der Waals surface area (Å²) in [6, 6.07) is 0.419. The number of nitrogens with zero attached hydrogens (tertiary/aromatic N) is 5. The Balaban J connectivity index is 1.56. The molecule has 0 radical (unpaired) electrons. The molecule has 7 nitrogen and oxygen atoms in total. The molecule has 23 heavy (non-hydrogen) atoms. The first-order valence-electron chi connectivity index (χ1n) is 7.80. The average Bonchev–Trinajstić information content (AvgIpc) is 3.13. The maximum absolute atomic E-state index is 12.4. The summed E-state index contributed by atoms with van der Waals surface area (Å²) in [6.45, 7) is 4.02. The molecule has 0 unspecified atom stereocenters. The molecule has 3 heterocycles. The number of rotatable bonds is 4. The van der Waals surface area contributed by atoms with Gasteiger partial charge in [-0.1, -0.05) is 5.16 Å². The Bertz CT molecular complexity index is 642. The predicted octanol–water partition coefficient (Wildman–Crippen LogP) is 1.96. The van der Waals surface area contributed by atoms with Crippen LogP contribution in [-0.2, 0) is 6.54 Å². The summed E-state index contributed by atoms with van der Waals surface area (Å²) in [6.07, 6.45) is 3.01. The standard InChI is InChI=1S/C15H21N5O2S/c1-11-17-14(18-22-11)8-19(2)12-4-3-6-20(7-5-12)15(21)13-9-23-10-16-13/h9-10,12H,3-8H2,1-2H3/t12-/m0/s1. The normalized spacial score (nSPS) is 19.1. The lowest BCUT2D eigenvalue weighted by molar-refractivity contribution is 0.0752. The Morgan fingerprint density at radius 2 is 2.35 bits per heavy atom. The van der Waals surface area contributed by atoms with Gasteiger partial charge >= 0.3 is 0 Å². The Hall–Kier alpha value is -1.80. The second kappa shape index (κ2) is 7.18. The monoisotopic (exact) mass is 335 g/mol. The minimum atomic E-state index is 0.0448. The smallest absolute Gasteiger partial charge is 0.273 e. The molecule has 0 aliphatic carbocycles. The first kappa shape index (κ1) is 16.1. The number of hydrogen-bond acceptors (Lipinski definition) is 7. The fourth-order valence-electron chi connectivity index (χ4n) is 2.96. The molecule has 2 aromatic rings. The molecular formula is C15H21N5O2S. The van der Waals surface area contributed by atoms with Crippen LogP contribution in [0.1, 0.15) is 41.5 Å². The van der Waals surface area contributed by atoms with Crippen molar-refractivity contribution >= 4 is 17.2 Å². The second-order valence-corrected chi connectivity index (χ2v) is 6.61. The lowest BCUT2D eigenvalue weighted by atomic mass is 10.1. The number of aromatic nitrogens is 3. The summed E-state index contributed by atoms with van der Waals surface area (Å²) in [5.74, 6) is 1.35. The lowest BCUT2D eigenvalue weighted by Gasteiger charge is -2.26. The largest absolute Gasteiger partial charge is 0.340 e. The molecule has 0 spiro atoms. The van der Waals surface area contributed by atoms with E-state index in [1.165, 1.54) is 11.3 Å². The predicted molar refractivity (Wildman–Crippen MR) is 86.2 cm³/mol. The van der Waals surface area contributed by atoms with Crippen molar-refractivity contribution in [2.75, 3.05) is 20.1 Å². The molecule has 1 saturated heterocycles. The fraction of sp³-hybridized carbons (Fsp3) is 0.600. The quantitative estimate of drug-likeness (QED) is 0.850. The summed E-state index contributed by atoms with van der Waals surface area (Å²) in [7, 11) is 2.08. The zero-order valence-corrected chi connectivity index (χ0v) is 14.3. The molecule has 8 heteroatoms. The van der Waals surface area contributed by atoms with Gasteiger partial charge in [-0.15, -0.1) is 11.3 Å². The lowest BCUT2D eigenvalue weighted by Crippen LogP contribution is -2.35. The van der Waals surface area contributed by atoms with Crippen molar-refractivity contribution in [3.63, 3.8) is 0 Å². The molecule has 3 rings (SSSR count). The van der Waals surface area contributed by atoms with Crippen molar-refractivity contribution in [3.8, 4) is 0 Å². The van der Waals surface area contributed by atoms with Crippen molar-refractivity contribution in [1.29, 1.82) is 0 Å². The van der Waals surface area contributed by atoms with Gasteiger partial charge in [-0.05, 0) is 26.3 Å².